The predicted molar refractivity (Wildman–Crippen MR) is 65.3 cm³/mol. The van der Waals surface area contributed by atoms with Gasteiger partial charge >= 0.3 is 6.18 Å². The summed E-state index contributed by atoms with van der Waals surface area (Å²) in [6.07, 6.45) is -4.53. The van der Waals surface area contributed by atoms with E-state index in [0.717, 1.165) is 16.4 Å². The molecule has 5 nitrogen and oxygen atoms in total. The Morgan fingerprint density at radius 1 is 1.25 bits per heavy atom. The van der Waals surface area contributed by atoms with Gasteiger partial charge in [0.25, 0.3) is 0 Å². The summed E-state index contributed by atoms with van der Waals surface area (Å²) < 4.78 is 61.9. The van der Waals surface area contributed by atoms with Crippen LogP contribution in [0, 0.1) is 0 Å². The number of hydrogen-bond donors (Lipinski definition) is 1. The van der Waals surface area contributed by atoms with Crippen molar-refractivity contribution in [2.45, 2.75) is 11.1 Å². The van der Waals surface area contributed by atoms with Gasteiger partial charge in [0.05, 0.1) is 17.0 Å². The number of hydrogen-bond acceptors (Lipinski definition) is 3. The number of nitrogens with one attached hydrogen (secondary N) is 1. The van der Waals surface area contributed by atoms with Crippen LogP contribution in [0.3, 0.4) is 0 Å². The largest absolute Gasteiger partial charge is 0.416 e. The second-order valence-electron chi connectivity index (χ2n) is 3.96. The number of alkyl halides is 3. The number of amides is 1. The molecule has 0 heterocycles. The average molecular weight is 310 g/mol. The van der Waals surface area contributed by atoms with Crippen LogP contribution >= 0.6 is 0 Å². The molecule has 0 saturated heterocycles. The third kappa shape index (κ3) is 3.70. The monoisotopic (exact) mass is 310 g/mol. The first-order valence-electron chi connectivity index (χ1n) is 5.43. The lowest BCUT2D eigenvalue weighted by molar-refractivity contribution is -0.137. The molecule has 0 spiro atoms. The van der Waals surface area contributed by atoms with Crippen molar-refractivity contribution in [3.63, 3.8) is 0 Å². The fourth-order valence-electron chi connectivity index (χ4n) is 1.36. The van der Waals surface area contributed by atoms with E-state index in [4.69, 9.17) is 0 Å². The highest BCUT2D eigenvalue weighted by molar-refractivity contribution is 7.89. The highest BCUT2D eigenvalue weighted by Gasteiger charge is 2.31. The van der Waals surface area contributed by atoms with Gasteiger partial charge in [-0.2, -0.15) is 17.5 Å². The number of nitrogens with zero attached hydrogens (tertiary/aromatic N) is 1. The van der Waals surface area contributed by atoms with Gasteiger partial charge in [-0.1, -0.05) is 0 Å². The molecule has 0 aromatic heterocycles. The van der Waals surface area contributed by atoms with E-state index in [2.05, 4.69) is 5.32 Å². The number of carbonyl (C=O) groups is 1. The van der Waals surface area contributed by atoms with E-state index in [0.29, 0.717) is 12.1 Å². The Balaban J connectivity index is 3.02. The molecule has 0 bridgehead atoms. The Morgan fingerprint density at radius 3 is 2.15 bits per heavy atom. The molecule has 0 saturated carbocycles. The Hall–Kier alpha value is -1.61. The third-order valence-corrected chi connectivity index (χ3v) is 4.35. The van der Waals surface area contributed by atoms with E-state index in [1.54, 1.807) is 0 Å². The van der Waals surface area contributed by atoms with Crippen molar-refractivity contribution in [1.82, 2.24) is 9.62 Å². The summed E-state index contributed by atoms with van der Waals surface area (Å²) in [5.41, 5.74) is -0.939. The molecule has 20 heavy (non-hydrogen) atoms. The predicted octanol–water partition coefficient (Wildman–Crippen LogP) is 1.07. The molecule has 0 radical (unpaired) electrons. The van der Waals surface area contributed by atoms with E-state index >= 15 is 0 Å². The Kier molecular flexibility index (Phi) is 4.77. The van der Waals surface area contributed by atoms with Gasteiger partial charge in [0.15, 0.2) is 0 Å². The van der Waals surface area contributed by atoms with Crippen LogP contribution in [0.25, 0.3) is 0 Å². The van der Waals surface area contributed by atoms with E-state index in [1.165, 1.54) is 14.1 Å². The van der Waals surface area contributed by atoms with E-state index in [9.17, 15) is 26.4 Å². The van der Waals surface area contributed by atoms with Crippen LogP contribution in [0.4, 0.5) is 13.2 Å². The van der Waals surface area contributed by atoms with Crippen LogP contribution in [-0.2, 0) is 21.0 Å². The molecule has 0 aliphatic carbocycles. The van der Waals surface area contributed by atoms with Crippen molar-refractivity contribution < 1.29 is 26.4 Å². The van der Waals surface area contributed by atoms with Crippen molar-refractivity contribution in [3.8, 4) is 0 Å². The van der Waals surface area contributed by atoms with Gasteiger partial charge in [0.2, 0.25) is 15.9 Å². The van der Waals surface area contributed by atoms with Gasteiger partial charge < -0.3 is 5.32 Å². The van der Waals surface area contributed by atoms with Crippen molar-refractivity contribution >= 4 is 15.9 Å². The molecule has 9 heteroatoms. The minimum atomic E-state index is -4.53. The van der Waals surface area contributed by atoms with Gasteiger partial charge in [-0.15, -0.1) is 0 Å². The summed E-state index contributed by atoms with van der Waals surface area (Å²) >= 11 is 0. The van der Waals surface area contributed by atoms with E-state index in [1.807, 2.05) is 0 Å². The zero-order chi connectivity index (χ0) is 15.6. The zero-order valence-electron chi connectivity index (χ0n) is 10.7. The van der Waals surface area contributed by atoms with Gasteiger partial charge in [-0.05, 0) is 24.3 Å². The van der Waals surface area contributed by atoms with E-state index < -0.39 is 34.2 Å². The number of rotatable bonds is 4. The molecule has 112 valence electrons. The topological polar surface area (TPSA) is 66.5 Å². The van der Waals surface area contributed by atoms with Gasteiger partial charge in [-0.25, -0.2) is 8.42 Å². The van der Waals surface area contributed by atoms with Gasteiger partial charge in [0, 0.05) is 14.1 Å². The molecule has 0 atom stereocenters. The van der Waals surface area contributed by atoms with Crippen LogP contribution in [0.15, 0.2) is 29.2 Å². The first-order chi connectivity index (χ1) is 9.09. The van der Waals surface area contributed by atoms with E-state index in [-0.39, 0.29) is 4.90 Å². The number of carbonyl (C=O) groups excluding carboxylic acids is 1. The number of likely N-dealkylation sites (N-methyl/N-ethyl adjacent to an activating group) is 2. The van der Waals surface area contributed by atoms with Crippen LogP contribution in [0.5, 0.6) is 0 Å². The third-order valence-electron chi connectivity index (χ3n) is 2.53. The summed E-state index contributed by atoms with van der Waals surface area (Å²) in [5, 5.41) is 2.25. The smallest absolute Gasteiger partial charge is 0.358 e. The highest BCUT2D eigenvalue weighted by atomic mass is 32.2. The normalized spacial score (nSPS) is 12.5. The molecule has 1 amide bonds. The fourth-order valence-corrected chi connectivity index (χ4v) is 2.49. The summed E-state index contributed by atoms with van der Waals surface area (Å²) in [6, 6.07) is 3.08. The molecule has 1 N–H and O–H groups in total. The van der Waals surface area contributed by atoms with Crippen LogP contribution in [0.2, 0.25) is 0 Å². The van der Waals surface area contributed by atoms with Gasteiger partial charge in [0.1, 0.15) is 0 Å². The van der Waals surface area contributed by atoms with Crippen LogP contribution in [-0.4, -0.2) is 39.3 Å². The molecule has 1 aromatic rings. The molecular formula is C11H13F3N2O3S. The molecule has 1 aromatic carbocycles. The molecule has 0 aliphatic heterocycles. The maximum Gasteiger partial charge on any atom is 0.416 e. The average Bonchev–Trinajstić information content (AvgIpc) is 2.37. The first-order valence-corrected chi connectivity index (χ1v) is 6.87. The Labute approximate surface area is 114 Å². The lowest BCUT2D eigenvalue weighted by atomic mass is 10.2. The fraction of sp³-hybridized carbons (Fsp3) is 0.364. The molecule has 0 unspecified atom stereocenters. The maximum absolute atomic E-state index is 12.4. The Bertz CT molecular complexity index is 582. The lowest BCUT2D eigenvalue weighted by Gasteiger charge is -2.16. The van der Waals surface area contributed by atoms with Crippen LogP contribution < -0.4 is 5.32 Å². The van der Waals surface area contributed by atoms with Crippen LogP contribution in [0.1, 0.15) is 5.56 Å². The lowest BCUT2D eigenvalue weighted by Crippen LogP contribution is -2.36. The summed E-state index contributed by atoms with van der Waals surface area (Å²) in [4.78, 5) is 10.8. The number of sulfonamides is 1. The number of halogens is 3. The quantitative estimate of drug-likeness (QED) is 0.905. The standard InChI is InChI=1S/C11H13F3N2O3S/c1-15-10(17)7-16(2)20(18,19)9-5-3-8(4-6-9)11(12,13)14/h3-6H,7H2,1-2H3,(H,15,17). The second-order valence-corrected chi connectivity index (χ2v) is 6.00. The van der Waals surface area contributed by atoms with Crippen molar-refractivity contribution in [1.29, 1.82) is 0 Å². The van der Waals surface area contributed by atoms with Gasteiger partial charge in [-0.3, -0.25) is 4.79 Å². The maximum atomic E-state index is 12.4. The SMILES string of the molecule is CNC(=O)CN(C)S(=O)(=O)c1ccc(C(F)(F)F)cc1. The molecule has 0 aliphatic rings. The summed E-state index contributed by atoms with van der Waals surface area (Å²) in [5.74, 6) is -0.525. The van der Waals surface area contributed by atoms with Crippen molar-refractivity contribution in [3.05, 3.63) is 29.8 Å². The minimum Gasteiger partial charge on any atom is -0.358 e. The van der Waals surface area contributed by atoms with Crippen molar-refractivity contribution in [2.24, 2.45) is 0 Å². The Morgan fingerprint density at radius 2 is 1.75 bits per heavy atom. The second kappa shape index (κ2) is 5.80. The minimum absolute atomic E-state index is 0.308. The molecule has 1 rings (SSSR count). The molecule has 0 fully saturated rings. The van der Waals surface area contributed by atoms with Crippen molar-refractivity contribution in [2.75, 3.05) is 20.6 Å². The number of benzene rings is 1. The molecular weight excluding hydrogens is 297 g/mol. The highest BCUT2D eigenvalue weighted by Crippen LogP contribution is 2.30. The summed E-state index contributed by atoms with van der Waals surface area (Å²) in [7, 11) is -1.48. The zero-order valence-corrected chi connectivity index (χ0v) is 11.5. The summed E-state index contributed by atoms with van der Waals surface area (Å²) in [6.45, 7) is -0.417. The first kappa shape index (κ1) is 16.4.